The van der Waals surface area contributed by atoms with E-state index in [2.05, 4.69) is 41.8 Å². The molecule has 0 saturated heterocycles. The van der Waals surface area contributed by atoms with Gasteiger partial charge in [0.25, 0.3) is 5.69 Å². The van der Waals surface area contributed by atoms with Crippen LogP contribution < -0.4 is 10.6 Å². The molecule has 1 amide bonds. The molecule has 7 heteroatoms. The average Bonchev–Trinajstić information content (AvgIpc) is 3.24. The first-order chi connectivity index (χ1) is 14.1. The third kappa shape index (κ3) is 5.49. The Morgan fingerprint density at radius 2 is 1.86 bits per heavy atom. The van der Waals surface area contributed by atoms with E-state index in [9.17, 15) is 14.9 Å². The molecule has 2 N–H and O–H groups in total. The van der Waals surface area contributed by atoms with Crippen molar-refractivity contribution in [2.45, 2.75) is 25.8 Å². The summed E-state index contributed by atoms with van der Waals surface area (Å²) < 4.78 is 0. The Morgan fingerprint density at radius 3 is 2.52 bits per heavy atom. The first kappa shape index (κ1) is 20.7. The fourth-order valence-corrected chi connectivity index (χ4v) is 3.96. The van der Waals surface area contributed by atoms with Crippen LogP contribution in [0, 0.1) is 10.1 Å². The number of amides is 1. The molecule has 0 aliphatic rings. The molecule has 2 aromatic carbocycles. The van der Waals surface area contributed by atoms with Crippen molar-refractivity contribution >= 4 is 28.6 Å². The molecule has 29 heavy (non-hydrogen) atoms. The number of thiophene rings is 1. The van der Waals surface area contributed by atoms with Gasteiger partial charge in [-0.3, -0.25) is 20.2 Å². The van der Waals surface area contributed by atoms with E-state index in [1.165, 1.54) is 17.7 Å². The fourth-order valence-electron chi connectivity index (χ4n) is 3.13. The van der Waals surface area contributed by atoms with Crippen LogP contribution in [0.3, 0.4) is 0 Å². The van der Waals surface area contributed by atoms with Gasteiger partial charge in [-0.2, -0.15) is 0 Å². The monoisotopic (exact) mass is 409 g/mol. The molecule has 0 aliphatic heterocycles. The largest absolute Gasteiger partial charge is 0.319 e. The Labute approximate surface area is 173 Å². The highest BCUT2D eigenvalue weighted by Gasteiger charge is 2.18. The number of carbonyl (C=O) groups excluding carboxylic acids is 1. The fraction of sp³-hybridized carbons (Fsp3) is 0.227. The molecule has 0 unspecified atom stereocenters. The molecule has 1 heterocycles. The van der Waals surface area contributed by atoms with Crippen LogP contribution in [-0.2, 0) is 11.2 Å². The van der Waals surface area contributed by atoms with Crippen molar-refractivity contribution in [2.24, 2.45) is 0 Å². The van der Waals surface area contributed by atoms with Crippen molar-refractivity contribution in [3.05, 3.63) is 92.2 Å². The molecular weight excluding hydrogens is 386 g/mol. The number of nitrogens with zero attached hydrogens (tertiary/aromatic N) is 1. The molecule has 1 aromatic heterocycles. The molecule has 6 nitrogen and oxygen atoms in total. The average molecular weight is 410 g/mol. The minimum absolute atomic E-state index is 0.0331. The number of rotatable bonds is 9. The van der Waals surface area contributed by atoms with E-state index < -0.39 is 4.92 Å². The second-order valence-electron chi connectivity index (χ2n) is 6.64. The van der Waals surface area contributed by atoms with E-state index >= 15 is 0 Å². The summed E-state index contributed by atoms with van der Waals surface area (Å²) in [5, 5.41) is 19.0. The highest BCUT2D eigenvalue weighted by Crippen LogP contribution is 2.27. The summed E-state index contributed by atoms with van der Waals surface area (Å²) in [7, 11) is 0. The summed E-state index contributed by atoms with van der Waals surface area (Å²) in [5.41, 5.74) is 2.43. The third-order valence-corrected chi connectivity index (χ3v) is 5.46. The number of benzene rings is 2. The quantitative estimate of drug-likeness (QED) is 0.388. The summed E-state index contributed by atoms with van der Waals surface area (Å²) in [6, 6.07) is 18.4. The molecule has 0 bridgehead atoms. The van der Waals surface area contributed by atoms with Gasteiger partial charge >= 0.3 is 0 Å². The van der Waals surface area contributed by atoms with Crippen LogP contribution in [0.5, 0.6) is 0 Å². The van der Waals surface area contributed by atoms with Gasteiger partial charge in [-0.1, -0.05) is 55.8 Å². The zero-order valence-corrected chi connectivity index (χ0v) is 16.9. The Balaban J connectivity index is 1.71. The van der Waals surface area contributed by atoms with E-state index in [4.69, 9.17) is 0 Å². The molecule has 3 aromatic rings. The Hall–Kier alpha value is -3.03. The van der Waals surface area contributed by atoms with Gasteiger partial charge in [0.1, 0.15) is 5.69 Å². The first-order valence-electron chi connectivity index (χ1n) is 9.47. The van der Waals surface area contributed by atoms with Gasteiger partial charge in [0.15, 0.2) is 0 Å². The number of hydrogen-bond donors (Lipinski definition) is 2. The number of aryl methyl sites for hydroxylation is 1. The predicted octanol–water partition coefficient (Wildman–Crippen LogP) is 4.93. The Kier molecular flexibility index (Phi) is 7.10. The van der Waals surface area contributed by atoms with E-state index in [0.29, 0.717) is 0 Å². The van der Waals surface area contributed by atoms with Crippen LogP contribution in [0.2, 0.25) is 0 Å². The van der Waals surface area contributed by atoms with Gasteiger partial charge in [-0.25, -0.2) is 0 Å². The normalized spacial score (nSPS) is 11.8. The van der Waals surface area contributed by atoms with Gasteiger partial charge in [0.2, 0.25) is 5.91 Å². The number of carbonyl (C=O) groups is 1. The summed E-state index contributed by atoms with van der Waals surface area (Å²) in [6.07, 6.45) is 2.13. The lowest BCUT2D eigenvalue weighted by molar-refractivity contribution is -0.383. The number of nitro benzene ring substituents is 1. The zero-order chi connectivity index (χ0) is 20.6. The Morgan fingerprint density at radius 1 is 1.10 bits per heavy atom. The molecule has 0 saturated carbocycles. The molecule has 0 spiro atoms. The number of nitro groups is 1. The lowest BCUT2D eigenvalue weighted by atomic mass is 10.0. The predicted molar refractivity (Wildman–Crippen MR) is 116 cm³/mol. The van der Waals surface area contributed by atoms with Gasteiger partial charge in [-0.15, -0.1) is 11.3 Å². The topological polar surface area (TPSA) is 84.3 Å². The van der Waals surface area contributed by atoms with E-state index in [0.717, 1.165) is 23.3 Å². The van der Waals surface area contributed by atoms with Crippen molar-refractivity contribution in [3.8, 4) is 0 Å². The lowest BCUT2D eigenvalue weighted by Gasteiger charge is -2.18. The SMILES string of the molecule is CCCc1ccc([C@@H](NCC(=O)Nc2ccccc2[N+](=O)[O-])c2cccs2)cc1. The van der Waals surface area contributed by atoms with Gasteiger partial charge in [0, 0.05) is 10.9 Å². The van der Waals surface area contributed by atoms with Crippen molar-refractivity contribution in [1.82, 2.24) is 5.32 Å². The van der Waals surface area contributed by atoms with E-state index in [1.54, 1.807) is 23.5 Å². The van der Waals surface area contributed by atoms with Crippen LogP contribution in [0.1, 0.15) is 35.4 Å². The molecular formula is C22H23N3O3S. The number of anilines is 1. The molecule has 0 radical (unpaired) electrons. The maximum absolute atomic E-state index is 12.4. The maximum Gasteiger partial charge on any atom is 0.292 e. The summed E-state index contributed by atoms with van der Waals surface area (Å²) in [4.78, 5) is 24.2. The van der Waals surface area contributed by atoms with Crippen LogP contribution in [0.4, 0.5) is 11.4 Å². The first-order valence-corrected chi connectivity index (χ1v) is 10.4. The van der Waals surface area contributed by atoms with Gasteiger partial charge in [-0.05, 0) is 35.1 Å². The Bertz CT molecular complexity index is 956. The zero-order valence-electron chi connectivity index (χ0n) is 16.1. The number of para-hydroxylation sites is 2. The number of nitrogens with one attached hydrogen (secondary N) is 2. The van der Waals surface area contributed by atoms with E-state index in [-0.39, 0.29) is 29.9 Å². The van der Waals surface area contributed by atoms with Crippen molar-refractivity contribution in [2.75, 3.05) is 11.9 Å². The van der Waals surface area contributed by atoms with Crippen molar-refractivity contribution in [1.29, 1.82) is 0 Å². The molecule has 3 rings (SSSR count). The maximum atomic E-state index is 12.4. The minimum Gasteiger partial charge on any atom is -0.319 e. The van der Waals surface area contributed by atoms with Gasteiger partial charge in [0.05, 0.1) is 17.5 Å². The van der Waals surface area contributed by atoms with Crippen LogP contribution in [0.25, 0.3) is 0 Å². The molecule has 0 aliphatic carbocycles. The standard InChI is InChI=1S/C22H23N3O3S/c1-2-6-16-10-12-17(13-11-16)22(20-9-5-14-29-20)23-15-21(26)24-18-7-3-4-8-19(18)25(27)28/h3-5,7-14,22-23H,2,6,15H2,1H3,(H,24,26)/t22-/m1/s1. The molecule has 150 valence electrons. The van der Waals surface area contributed by atoms with Crippen LogP contribution in [-0.4, -0.2) is 17.4 Å². The van der Waals surface area contributed by atoms with E-state index in [1.807, 2.05) is 17.5 Å². The minimum atomic E-state index is -0.505. The number of hydrogen-bond acceptors (Lipinski definition) is 5. The van der Waals surface area contributed by atoms with Crippen LogP contribution in [0.15, 0.2) is 66.0 Å². The van der Waals surface area contributed by atoms with Gasteiger partial charge < -0.3 is 5.32 Å². The summed E-state index contributed by atoms with van der Waals surface area (Å²) in [5.74, 6) is -0.330. The lowest BCUT2D eigenvalue weighted by Crippen LogP contribution is -2.31. The summed E-state index contributed by atoms with van der Waals surface area (Å²) >= 11 is 1.62. The van der Waals surface area contributed by atoms with Crippen molar-refractivity contribution in [3.63, 3.8) is 0 Å². The third-order valence-electron chi connectivity index (χ3n) is 4.52. The highest BCUT2D eigenvalue weighted by molar-refractivity contribution is 7.10. The molecule has 0 fully saturated rings. The smallest absolute Gasteiger partial charge is 0.292 e. The highest BCUT2D eigenvalue weighted by atomic mass is 32.1. The second-order valence-corrected chi connectivity index (χ2v) is 7.62. The summed E-state index contributed by atoms with van der Waals surface area (Å²) in [6.45, 7) is 2.19. The van der Waals surface area contributed by atoms with Crippen LogP contribution >= 0.6 is 11.3 Å². The second kappa shape index (κ2) is 9.95. The molecule has 1 atom stereocenters. The van der Waals surface area contributed by atoms with Crippen molar-refractivity contribution < 1.29 is 9.72 Å².